The zero-order valence-corrected chi connectivity index (χ0v) is 18.7. The van der Waals surface area contributed by atoms with Crippen LogP contribution in [0.15, 0.2) is 23.3 Å². The molecule has 7 heteroatoms. The largest absolute Gasteiger partial charge is 0.393 e. The summed E-state index contributed by atoms with van der Waals surface area (Å²) in [5, 5.41) is 18.5. The van der Waals surface area contributed by atoms with E-state index in [0.29, 0.717) is 5.92 Å². The number of hydrogen-bond acceptors (Lipinski definition) is 5. The van der Waals surface area contributed by atoms with Crippen LogP contribution in [0.3, 0.4) is 0 Å². The minimum Gasteiger partial charge on any atom is -0.393 e. The second-order valence-corrected chi connectivity index (χ2v) is 8.68. The maximum atomic E-state index is 13.3. The molecule has 2 aromatic rings. The predicted molar refractivity (Wildman–Crippen MR) is 125 cm³/mol. The molecule has 1 aliphatic carbocycles. The minimum atomic E-state index is -0.180. The predicted octanol–water partition coefficient (Wildman–Crippen LogP) is 3.97. The number of pyridine rings is 2. The zero-order chi connectivity index (χ0) is 20.2. The maximum Gasteiger partial charge on any atom is 0.260 e. The molecule has 1 saturated carbocycles. The van der Waals surface area contributed by atoms with Gasteiger partial charge in [-0.05, 0) is 81.0 Å². The Morgan fingerprint density at radius 3 is 2.60 bits per heavy atom. The van der Waals surface area contributed by atoms with Crippen LogP contribution >= 0.6 is 12.4 Å². The molecule has 0 aromatic carbocycles. The third-order valence-electron chi connectivity index (χ3n) is 6.63. The molecule has 2 aromatic heterocycles. The van der Waals surface area contributed by atoms with Gasteiger partial charge >= 0.3 is 0 Å². The van der Waals surface area contributed by atoms with E-state index in [0.717, 1.165) is 87.6 Å². The van der Waals surface area contributed by atoms with Crippen LogP contribution in [0.4, 0.5) is 5.82 Å². The van der Waals surface area contributed by atoms with Crippen LogP contribution in [-0.2, 0) is 0 Å². The van der Waals surface area contributed by atoms with E-state index in [9.17, 15) is 9.90 Å². The second kappa shape index (κ2) is 10.6. The first-order chi connectivity index (χ1) is 14.2. The van der Waals surface area contributed by atoms with Crippen molar-refractivity contribution in [2.45, 2.75) is 76.4 Å². The van der Waals surface area contributed by atoms with Crippen LogP contribution in [0, 0.1) is 0 Å². The molecule has 30 heavy (non-hydrogen) atoms. The Morgan fingerprint density at radius 2 is 1.90 bits per heavy atom. The summed E-state index contributed by atoms with van der Waals surface area (Å²) in [5.41, 5.74) is 1.34. The van der Waals surface area contributed by atoms with Crippen LogP contribution in [-0.4, -0.2) is 40.4 Å². The van der Waals surface area contributed by atoms with Crippen LogP contribution in [0.1, 0.15) is 75.8 Å². The van der Waals surface area contributed by atoms with Gasteiger partial charge in [0, 0.05) is 25.0 Å². The number of halogens is 1. The Balaban J connectivity index is 0.00000256. The van der Waals surface area contributed by atoms with Gasteiger partial charge in [-0.15, -0.1) is 12.4 Å². The molecular weight excluding hydrogens is 400 g/mol. The van der Waals surface area contributed by atoms with Gasteiger partial charge < -0.3 is 20.3 Å². The molecule has 166 valence electrons. The van der Waals surface area contributed by atoms with E-state index in [2.05, 4.69) is 34.8 Å². The van der Waals surface area contributed by atoms with Crippen molar-refractivity contribution >= 4 is 29.0 Å². The van der Waals surface area contributed by atoms with E-state index in [1.165, 1.54) is 5.56 Å². The summed E-state index contributed by atoms with van der Waals surface area (Å²) < 4.78 is 1.98. The first-order valence-electron chi connectivity index (χ1n) is 11.3. The van der Waals surface area contributed by atoms with Crippen LogP contribution < -0.4 is 16.2 Å². The van der Waals surface area contributed by atoms with Crippen molar-refractivity contribution in [3.05, 3.63) is 34.4 Å². The standard InChI is InChI=1S/C23H34N4O2.ClH/c1-2-3-10-25-22-13-19-20(14-26-22)23(29)27(17-8-11-24-12-9-17)15-21(19)16-4-6-18(28)7-5-16;/h13-18,24,28H,2-12H2,1H3,(H,25,26);1H. The number of fused-ring (bicyclic) bond motifs is 1. The van der Waals surface area contributed by atoms with Gasteiger partial charge in [0.05, 0.1) is 11.5 Å². The maximum absolute atomic E-state index is 13.3. The monoisotopic (exact) mass is 434 g/mol. The van der Waals surface area contributed by atoms with E-state index in [1.54, 1.807) is 6.20 Å². The molecule has 0 amide bonds. The smallest absolute Gasteiger partial charge is 0.260 e. The molecule has 2 fully saturated rings. The third-order valence-corrected chi connectivity index (χ3v) is 6.63. The van der Waals surface area contributed by atoms with E-state index in [-0.39, 0.29) is 30.1 Å². The van der Waals surface area contributed by atoms with Crippen LogP contribution in [0.2, 0.25) is 0 Å². The molecule has 2 aliphatic rings. The van der Waals surface area contributed by atoms with Gasteiger partial charge in [-0.25, -0.2) is 4.98 Å². The van der Waals surface area contributed by atoms with Crippen molar-refractivity contribution in [2.75, 3.05) is 25.0 Å². The molecule has 0 spiro atoms. The lowest BCUT2D eigenvalue weighted by molar-refractivity contribution is 0.122. The van der Waals surface area contributed by atoms with Crippen molar-refractivity contribution in [1.29, 1.82) is 0 Å². The third kappa shape index (κ3) is 4.98. The Labute approximate surface area is 184 Å². The van der Waals surface area contributed by atoms with Crippen molar-refractivity contribution in [3.8, 4) is 0 Å². The summed E-state index contributed by atoms with van der Waals surface area (Å²) in [6.45, 7) is 4.98. The van der Waals surface area contributed by atoms with Gasteiger partial charge in [0.15, 0.2) is 0 Å². The lowest BCUT2D eigenvalue weighted by atomic mass is 9.81. The summed E-state index contributed by atoms with van der Waals surface area (Å²) in [5.74, 6) is 1.24. The van der Waals surface area contributed by atoms with Crippen LogP contribution in [0.25, 0.3) is 10.8 Å². The molecule has 1 saturated heterocycles. The highest BCUT2D eigenvalue weighted by molar-refractivity contribution is 5.86. The Morgan fingerprint density at radius 1 is 1.17 bits per heavy atom. The summed E-state index contributed by atoms with van der Waals surface area (Å²) >= 11 is 0. The van der Waals surface area contributed by atoms with E-state index in [1.807, 2.05) is 4.57 Å². The lowest BCUT2D eigenvalue weighted by Crippen LogP contribution is -2.34. The van der Waals surface area contributed by atoms with Gasteiger partial charge in [0.1, 0.15) is 5.82 Å². The second-order valence-electron chi connectivity index (χ2n) is 8.68. The molecule has 3 heterocycles. The lowest BCUT2D eigenvalue weighted by Gasteiger charge is -2.30. The molecule has 3 N–H and O–H groups in total. The van der Waals surface area contributed by atoms with E-state index >= 15 is 0 Å². The van der Waals surface area contributed by atoms with Crippen molar-refractivity contribution in [1.82, 2.24) is 14.9 Å². The molecule has 0 radical (unpaired) electrons. The first-order valence-corrected chi connectivity index (χ1v) is 11.3. The summed E-state index contributed by atoms with van der Waals surface area (Å²) in [6.07, 6.45) is 11.6. The van der Waals surface area contributed by atoms with Crippen molar-refractivity contribution < 1.29 is 5.11 Å². The van der Waals surface area contributed by atoms with Gasteiger partial charge in [-0.1, -0.05) is 13.3 Å². The average Bonchev–Trinajstić information content (AvgIpc) is 2.76. The number of nitrogens with one attached hydrogen (secondary N) is 2. The molecule has 0 atom stereocenters. The highest BCUT2D eigenvalue weighted by Crippen LogP contribution is 2.37. The molecular formula is C23H35ClN4O2. The Kier molecular flexibility index (Phi) is 8.14. The molecule has 6 nitrogen and oxygen atoms in total. The number of aliphatic hydroxyl groups is 1. The summed E-state index contributed by atoms with van der Waals surface area (Å²) in [7, 11) is 0. The molecule has 0 unspecified atom stereocenters. The average molecular weight is 435 g/mol. The minimum absolute atomic E-state index is 0. The fourth-order valence-electron chi connectivity index (χ4n) is 4.84. The fraction of sp³-hybridized carbons (Fsp3) is 0.652. The fourth-order valence-corrected chi connectivity index (χ4v) is 4.84. The Hall–Kier alpha value is -1.63. The van der Waals surface area contributed by atoms with E-state index < -0.39 is 0 Å². The highest BCUT2D eigenvalue weighted by atomic mass is 35.5. The number of anilines is 1. The van der Waals surface area contributed by atoms with Crippen molar-refractivity contribution in [3.63, 3.8) is 0 Å². The zero-order valence-electron chi connectivity index (χ0n) is 17.9. The Bertz CT molecular complexity index is 887. The van der Waals surface area contributed by atoms with Gasteiger partial charge in [0.2, 0.25) is 0 Å². The van der Waals surface area contributed by atoms with Gasteiger partial charge in [-0.2, -0.15) is 0 Å². The number of rotatable bonds is 6. The first kappa shape index (κ1) is 23.0. The quantitative estimate of drug-likeness (QED) is 0.599. The number of aromatic nitrogens is 2. The van der Waals surface area contributed by atoms with Crippen molar-refractivity contribution in [2.24, 2.45) is 0 Å². The SMILES string of the molecule is CCCCNc1cc2c(C3CCC(O)CC3)cn(C3CCNCC3)c(=O)c2cn1.Cl. The number of hydrogen-bond donors (Lipinski definition) is 3. The summed E-state index contributed by atoms with van der Waals surface area (Å²) in [6, 6.07) is 2.32. The van der Waals surface area contributed by atoms with E-state index in [4.69, 9.17) is 0 Å². The number of aliphatic hydroxyl groups excluding tert-OH is 1. The van der Waals surface area contributed by atoms with Gasteiger partial charge in [-0.3, -0.25) is 4.79 Å². The summed E-state index contributed by atoms with van der Waals surface area (Å²) in [4.78, 5) is 17.9. The van der Waals surface area contributed by atoms with Gasteiger partial charge in [0.25, 0.3) is 5.56 Å². The molecule has 1 aliphatic heterocycles. The molecule has 0 bridgehead atoms. The highest BCUT2D eigenvalue weighted by Gasteiger charge is 2.26. The molecule has 4 rings (SSSR count). The topological polar surface area (TPSA) is 79.2 Å². The normalized spacial score (nSPS) is 22.6. The number of unbranched alkanes of at least 4 members (excludes halogenated alkanes) is 1. The number of piperidine rings is 1. The van der Waals surface area contributed by atoms with Crippen LogP contribution in [0.5, 0.6) is 0 Å². The number of nitrogens with zero attached hydrogens (tertiary/aromatic N) is 2.